The van der Waals surface area contributed by atoms with Crippen molar-refractivity contribution in [3.05, 3.63) is 35.0 Å². The molecule has 2 aromatic rings. The maximum atomic E-state index is 13.5. The number of aromatic amines is 1. The van der Waals surface area contributed by atoms with Gasteiger partial charge in [-0.1, -0.05) is 30.5 Å². The van der Waals surface area contributed by atoms with Gasteiger partial charge in [0.25, 0.3) is 0 Å². The van der Waals surface area contributed by atoms with Crippen LogP contribution in [0.2, 0.25) is 5.02 Å². The van der Waals surface area contributed by atoms with Crippen LogP contribution in [0, 0.1) is 0 Å². The number of ether oxygens (including phenoxy) is 2. The lowest BCUT2D eigenvalue weighted by Crippen LogP contribution is -2.62. The molecule has 3 amide bonds. The molecule has 2 aliphatic rings. The molecule has 1 aromatic heterocycles. The van der Waals surface area contributed by atoms with Gasteiger partial charge in [-0.3, -0.25) is 9.59 Å². The Hall–Kier alpha value is -2.82. The summed E-state index contributed by atoms with van der Waals surface area (Å²) in [5.41, 5.74) is 1.16. The van der Waals surface area contributed by atoms with E-state index in [0.29, 0.717) is 37.6 Å². The average Bonchev–Trinajstić information content (AvgIpc) is 3.23. The van der Waals surface area contributed by atoms with Crippen molar-refractivity contribution in [2.24, 2.45) is 0 Å². The molecule has 1 aromatic carbocycles. The summed E-state index contributed by atoms with van der Waals surface area (Å²) in [5.74, 6) is -0.476. The largest absolute Gasteiger partial charge is 0.444 e. The Labute approximate surface area is 234 Å². The maximum Gasteiger partial charge on any atom is 0.408 e. The summed E-state index contributed by atoms with van der Waals surface area (Å²) < 4.78 is 11.2. The number of carbonyl (C=O) groups excluding carboxylic acids is 3. The van der Waals surface area contributed by atoms with E-state index in [1.54, 1.807) is 31.9 Å². The predicted molar refractivity (Wildman–Crippen MR) is 150 cm³/mol. The molecule has 11 heteroatoms. The number of aromatic nitrogens is 1. The summed E-state index contributed by atoms with van der Waals surface area (Å²) in [6, 6.07) is 4.45. The van der Waals surface area contributed by atoms with E-state index in [-0.39, 0.29) is 17.9 Å². The van der Waals surface area contributed by atoms with E-state index in [2.05, 4.69) is 20.9 Å². The molecule has 0 bridgehead atoms. The maximum absolute atomic E-state index is 13.5. The quantitative estimate of drug-likeness (QED) is 0.329. The van der Waals surface area contributed by atoms with E-state index >= 15 is 0 Å². The fourth-order valence-electron chi connectivity index (χ4n) is 4.91. The van der Waals surface area contributed by atoms with Crippen molar-refractivity contribution in [1.82, 2.24) is 25.8 Å². The van der Waals surface area contributed by atoms with Gasteiger partial charge in [0, 0.05) is 43.3 Å². The second-order valence-electron chi connectivity index (χ2n) is 11.3. The molecule has 4 N–H and O–H groups in total. The number of H-pyrrole nitrogens is 1. The fourth-order valence-corrected chi connectivity index (χ4v) is 5.12. The molecule has 2 saturated heterocycles. The normalized spacial score (nSPS) is 20.3. The highest BCUT2D eigenvalue weighted by molar-refractivity contribution is 6.35. The molecular weight excluding hydrogens is 522 g/mol. The Bertz CT molecular complexity index is 1160. The molecule has 4 rings (SSSR count). The van der Waals surface area contributed by atoms with Crippen LogP contribution in [-0.2, 0) is 25.6 Å². The van der Waals surface area contributed by atoms with Gasteiger partial charge in [-0.2, -0.15) is 0 Å². The SMILES string of the molecule is CC(C)(C)OC(=O)NC(CCCCC1CNCCO1)C(=O)N1CC[C@H]1C(=O)NCc1ccc2[nH]cc(Cl)c2c1. The van der Waals surface area contributed by atoms with Crippen LogP contribution < -0.4 is 16.0 Å². The molecule has 214 valence electrons. The second-order valence-corrected chi connectivity index (χ2v) is 11.7. The molecule has 2 fully saturated rings. The van der Waals surface area contributed by atoms with Gasteiger partial charge in [-0.05, 0) is 57.7 Å². The van der Waals surface area contributed by atoms with Crippen molar-refractivity contribution < 1.29 is 23.9 Å². The Morgan fingerprint density at radius 3 is 2.77 bits per heavy atom. The van der Waals surface area contributed by atoms with Crippen molar-refractivity contribution in [2.75, 3.05) is 26.2 Å². The lowest BCUT2D eigenvalue weighted by atomic mass is 9.98. The van der Waals surface area contributed by atoms with Crippen molar-refractivity contribution in [3.8, 4) is 0 Å². The summed E-state index contributed by atoms with van der Waals surface area (Å²) in [7, 11) is 0. The number of likely N-dealkylation sites (tertiary alicyclic amines) is 1. The molecule has 0 aliphatic carbocycles. The molecule has 0 saturated carbocycles. The van der Waals surface area contributed by atoms with Gasteiger partial charge in [0.1, 0.15) is 17.7 Å². The topological polar surface area (TPSA) is 125 Å². The van der Waals surface area contributed by atoms with Gasteiger partial charge in [0.05, 0.1) is 17.7 Å². The van der Waals surface area contributed by atoms with E-state index < -0.39 is 23.8 Å². The zero-order valence-corrected chi connectivity index (χ0v) is 23.7. The number of hydrogen-bond acceptors (Lipinski definition) is 6. The third-order valence-electron chi connectivity index (χ3n) is 7.03. The van der Waals surface area contributed by atoms with Crippen LogP contribution in [0.25, 0.3) is 10.9 Å². The van der Waals surface area contributed by atoms with Crippen molar-refractivity contribution in [3.63, 3.8) is 0 Å². The van der Waals surface area contributed by atoms with Crippen LogP contribution >= 0.6 is 11.6 Å². The standard InChI is InChI=1S/C28H40ClN5O5/c1-28(2,3)39-27(37)33-23(7-5-4-6-19-16-30-11-13-38-19)26(36)34-12-10-24(34)25(35)32-15-18-8-9-22-20(14-18)21(29)17-31-22/h8-9,14,17,19,23-24,30-31H,4-7,10-13,15-16H2,1-3H3,(H,32,35)(H,33,37)/t19?,23?,24-/m0/s1. The van der Waals surface area contributed by atoms with Crippen LogP contribution in [-0.4, -0.2) is 77.8 Å². The lowest BCUT2D eigenvalue weighted by molar-refractivity contribution is -0.149. The minimum atomic E-state index is -0.765. The summed E-state index contributed by atoms with van der Waals surface area (Å²) in [6.45, 7) is 8.53. The van der Waals surface area contributed by atoms with Crippen LogP contribution in [0.3, 0.4) is 0 Å². The first-order valence-corrected chi connectivity index (χ1v) is 14.1. The predicted octanol–water partition coefficient (Wildman–Crippen LogP) is 3.48. The summed E-state index contributed by atoms with van der Waals surface area (Å²) in [4.78, 5) is 43.7. The average molecular weight is 562 g/mol. The first-order valence-electron chi connectivity index (χ1n) is 13.8. The van der Waals surface area contributed by atoms with E-state index in [1.165, 1.54) is 0 Å². The molecule has 2 aliphatic heterocycles. The van der Waals surface area contributed by atoms with Gasteiger partial charge < -0.3 is 35.3 Å². The Balaban J connectivity index is 1.32. The third-order valence-corrected chi connectivity index (χ3v) is 7.34. The molecular formula is C28H40ClN5O5. The number of alkyl carbamates (subject to hydrolysis) is 1. The Kier molecular flexibility index (Phi) is 9.74. The molecule has 3 atom stereocenters. The van der Waals surface area contributed by atoms with E-state index in [4.69, 9.17) is 21.1 Å². The van der Waals surface area contributed by atoms with Gasteiger partial charge in [0.2, 0.25) is 11.8 Å². The fraction of sp³-hybridized carbons (Fsp3) is 0.607. The van der Waals surface area contributed by atoms with Crippen LogP contribution in [0.15, 0.2) is 24.4 Å². The van der Waals surface area contributed by atoms with Crippen LogP contribution in [0.4, 0.5) is 4.79 Å². The summed E-state index contributed by atoms with van der Waals surface area (Å²) in [6.07, 6.45) is 4.78. The van der Waals surface area contributed by atoms with E-state index in [1.807, 2.05) is 18.2 Å². The van der Waals surface area contributed by atoms with Gasteiger partial charge in [-0.25, -0.2) is 4.79 Å². The number of amides is 3. The van der Waals surface area contributed by atoms with E-state index in [0.717, 1.165) is 48.8 Å². The summed E-state index contributed by atoms with van der Waals surface area (Å²) >= 11 is 6.22. The molecule has 0 radical (unpaired) electrons. The number of nitrogens with zero attached hydrogens (tertiary/aromatic N) is 1. The number of halogens is 1. The first-order chi connectivity index (χ1) is 18.6. The first kappa shape index (κ1) is 29.2. The highest BCUT2D eigenvalue weighted by atomic mass is 35.5. The zero-order chi connectivity index (χ0) is 28.0. The number of fused-ring (bicyclic) bond motifs is 1. The van der Waals surface area contributed by atoms with Crippen molar-refractivity contribution >= 4 is 40.4 Å². The minimum Gasteiger partial charge on any atom is -0.444 e. The minimum absolute atomic E-state index is 0.171. The highest BCUT2D eigenvalue weighted by Gasteiger charge is 2.40. The number of nitrogens with one attached hydrogen (secondary N) is 4. The zero-order valence-electron chi connectivity index (χ0n) is 23.0. The molecule has 3 heterocycles. The van der Waals surface area contributed by atoms with Gasteiger partial charge in [0.15, 0.2) is 0 Å². The Morgan fingerprint density at radius 2 is 2.08 bits per heavy atom. The number of unbranched alkanes of at least 4 members (excludes halogenated alkanes) is 1. The van der Waals surface area contributed by atoms with Crippen molar-refractivity contribution in [1.29, 1.82) is 0 Å². The van der Waals surface area contributed by atoms with Gasteiger partial charge in [-0.15, -0.1) is 0 Å². The second kappa shape index (κ2) is 13.0. The number of morpholine rings is 1. The lowest BCUT2D eigenvalue weighted by Gasteiger charge is -2.41. The number of rotatable bonds is 10. The molecule has 0 spiro atoms. The molecule has 2 unspecified atom stereocenters. The van der Waals surface area contributed by atoms with Gasteiger partial charge >= 0.3 is 6.09 Å². The number of hydrogen-bond donors (Lipinski definition) is 4. The van der Waals surface area contributed by atoms with E-state index in [9.17, 15) is 14.4 Å². The summed E-state index contributed by atoms with van der Waals surface area (Å²) in [5, 5.41) is 10.5. The van der Waals surface area contributed by atoms with Crippen LogP contribution in [0.5, 0.6) is 0 Å². The number of benzene rings is 1. The molecule has 10 nitrogen and oxygen atoms in total. The Morgan fingerprint density at radius 1 is 1.26 bits per heavy atom. The highest BCUT2D eigenvalue weighted by Crippen LogP contribution is 2.25. The number of carbonyl (C=O) groups is 3. The smallest absolute Gasteiger partial charge is 0.408 e. The monoisotopic (exact) mass is 561 g/mol. The third kappa shape index (κ3) is 8.09. The van der Waals surface area contributed by atoms with Crippen LogP contribution in [0.1, 0.15) is 58.4 Å². The van der Waals surface area contributed by atoms with Crippen molar-refractivity contribution in [2.45, 2.75) is 83.2 Å². The molecule has 39 heavy (non-hydrogen) atoms.